The maximum Gasteiger partial charge on any atom is 0.254 e. The van der Waals surface area contributed by atoms with Crippen molar-refractivity contribution in [1.82, 2.24) is 15.1 Å². The Morgan fingerprint density at radius 1 is 1.45 bits per heavy atom. The Bertz CT molecular complexity index is 462. The van der Waals surface area contributed by atoms with Crippen LogP contribution in [0.3, 0.4) is 0 Å². The summed E-state index contributed by atoms with van der Waals surface area (Å²) in [7, 11) is 0. The van der Waals surface area contributed by atoms with Crippen molar-refractivity contribution in [3.8, 4) is 0 Å². The summed E-state index contributed by atoms with van der Waals surface area (Å²) in [4.78, 5) is 12.1. The number of carbonyl (C=O) groups excluding carboxylic acids is 1. The summed E-state index contributed by atoms with van der Waals surface area (Å²) in [6.45, 7) is 6.67. The van der Waals surface area contributed by atoms with Gasteiger partial charge in [-0.3, -0.25) is 9.48 Å². The van der Waals surface area contributed by atoms with Crippen molar-refractivity contribution in [2.24, 2.45) is 5.92 Å². The molecule has 0 spiro atoms. The molecule has 20 heavy (non-hydrogen) atoms. The summed E-state index contributed by atoms with van der Waals surface area (Å²) in [5.74, 6) is 0.0728. The van der Waals surface area contributed by atoms with Gasteiger partial charge in [0.1, 0.15) is 0 Å². The van der Waals surface area contributed by atoms with Gasteiger partial charge in [-0.1, -0.05) is 12.8 Å². The predicted molar refractivity (Wildman–Crippen MR) is 77.5 cm³/mol. The van der Waals surface area contributed by atoms with Crippen molar-refractivity contribution in [3.63, 3.8) is 0 Å². The highest BCUT2D eigenvalue weighted by molar-refractivity contribution is 5.93. The molecule has 1 heterocycles. The minimum atomic E-state index is -0.277. The smallest absolute Gasteiger partial charge is 0.254 e. The lowest BCUT2D eigenvalue weighted by Crippen LogP contribution is -2.36. The van der Waals surface area contributed by atoms with Crippen LogP contribution in [0, 0.1) is 5.92 Å². The quantitative estimate of drug-likeness (QED) is 0.888. The zero-order valence-electron chi connectivity index (χ0n) is 12.6. The first-order valence-corrected chi connectivity index (χ1v) is 7.39. The summed E-state index contributed by atoms with van der Waals surface area (Å²) in [5.41, 5.74) is 0.447. The topological polar surface area (TPSA) is 67.2 Å². The Hall–Kier alpha value is -1.36. The van der Waals surface area contributed by atoms with Gasteiger partial charge in [0.05, 0.1) is 23.4 Å². The van der Waals surface area contributed by atoms with Crippen LogP contribution in [0.25, 0.3) is 0 Å². The SMILES string of the molecule is CC(C)(C)n1cc(C(=O)NC[C@H]2CCCC[C@H]2O)cn1. The second-order valence-corrected chi connectivity index (χ2v) is 6.67. The Kier molecular flexibility index (Phi) is 4.48. The van der Waals surface area contributed by atoms with E-state index in [0.29, 0.717) is 12.1 Å². The Balaban J connectivity index is 1.90. The average Bonchev–Trinajstić information content (AvgIpc) is 2.87. The summed E-state index contributed by atoms with van der Waals surface area (Å²) < 4.78 is 1.79. The summed E-state index contributed by atoms with van der Waals surface area (Å²) in [5, 5.41) is 17.0. The van der Waals surface area contributed by atoms with E-state index in [-0.39, 0.29) is 23.5 Å². The fourth-order valence-corrected chi connectivity index (χ4v) is 2.56. The second kappa shape index (κ2) is 5.95. The number of carbonyl (C=O) groups is 1. The number of aliphatic hydroxyl groups excluding tert-OH is 1. The molecule has 112 valence electrons. The third-order valence-corrected chi connectivity index (χ3v) is 3.93. The lowest BCUT2D eigenvalue weighted by molar-refractivity contribution is 0.0663. The van der Waals surface area contributed by atoms with E-state index in [4.69, 9.17) is 0 Å². The average molecular weight is 279 g/mol. The van der Waals surface area contributed by atoms with Gasteiger partial charge >= 0.3 is 0 Å². The molecule has 1 aliphatic carbocycles. The van der Waals surface area contributed by atoms with Crippen LogP contribution in [0.5, 0.6) is 0 Å². The van der Waals surface area contributed by atoms with Crippen LogP contribution in [0.1, 0.15) is 56.8 Å². The lowest BCUT2D eigenvalue weighted by Gasteiger charge is -2.27. The lowest BCUT2D eigenvalue weighted by atomic mass is 9.86. The van der Waals surface area contributed by atoms with Crippen molar-refractivity contribution in [2.45, 2.75) is 58.1 Å². The number of hydrogen-bond acceptors (Lipinski definition) is 3. The maximum absolute atomic E-state index is 12.1. The fraction of sp³-hybridized carbons (Fsp3) is 0.733. The number of hydrogen-bond donors (Lipinski definition) is 2. The summed E-state index contributed by atoms with van der Waals surface area (Å²) >= 11 is 0. The van der Waals surface area contributed by atoms with Crippen LogP contribution in [-0.2, 0) is 5.54 Å². The summed E-state index contributed by atoms with van der Waals surface area (Å²) in [6.07, 6.45) is 7.15. The maximum atomic E-state index is 12.1. The molecule has 1 amide bonds. The highest BCUT2D eigenvalue weighted by atomic mass is 16.3. The van der Waals surface area contributed by atoms with Gasteiger partial charge < -0.3 is 10.4 Å². The van der Waals surface area contributed by atoms with E-state index in [1.54, 1.807) is 17.1 Å². The largest absolute Gasteiger partial charge is 0.393 e. The molecule has 2 atom stereocenters. The summed E-state index contributed by atoms with van der Waals surface area (Å²) in [6, 6.07) is 0. The third kappa shape index (κ3) is 3.60. The van der Waals surface area contributed by atoms with Gasteiger partial charge in [-0.25, -0.2) is 0 Å². The van der Waals surface area contributed by atoms with Crippen LogP contribution in [-0.4, -0.2) is 33.4 Å². The molecule has 1 fully saturated rings. The van der Waals surface area contributed by atoms with Gasteiger partial charge in [0.15, 0.2) is 0 Å². The van der Waals surface area contributed by atoms with E-state index in [0.717, 1.165) is 25.7 Å². The fourth-order valence-electron chi connectivity index (χ4n) is 2.56. The highest BCUT2D eigenvalue weighted by Crippen LogP contribution is 2.23. The van der Waals surface area contributed by atoms with Gasteiger partial charge in [0.25, 0.3) is 5.91 Å². The highest BCUT2D eigenvalue weighted by Gasteiger charge is 2.24. The van der Waals surface area contributed by atoms with Gasteiger partial charge in [0, 0.05) is 18.7 Å². The Morgan fingerprint density at radius 3 is 2.75 bits per heavy atom. The molecule has 1 aromatic heterocycles. The van der Waals surface area contributed by atoms with Crippen molar-refractivity contribution in [3.05, 3.63) is 18.0 Å². The first kappa shape index (κ1) is 15.0. The monoisotopic (exact) mass is 279 g/mol. The molecule has 0 radical (unpaired) electrons. The van der Waals surface area contributed by atoms with Crippen LogP contribution in [0.15, 0.2) is 12.4 Å². The number of amides is 1. The molecule has 1 saturated carbocycles. The number of aromatic nitrogens is 2. The van der Waals surface area contributed by atoms with Crippen molar-refractivity contribution < 1.29 is 9.90 Å². The van der Waals surface area contributed by atoms with Crippen LogP contribution in [0.4, 0.5) is 0 Å². The number of aliphatic hydroxyl groups is 1. The third-order valence-electron chi connectivity index (χ3n) is 3.93. The molecule has 0 unspecified atom stereocenters. The molecule has 5 heteroatoms. The van der Waals surface area contributed by atoms with Gasteiger partial charge in [-0.15, -0.1) is 0 Å². The molecular formula is C15H25N3O2. The first-order chi connectivity index (χ1) is 9.38. The standard InChI is InChI=1S/C15H25N3O2/c1-15(2,3)18-10-12(9-17-18)14(20)16-8-11-6-4-5-7-13(11)19/h9-11,13,19H,4-8H2,1-3H3,(H,16,20)/t11-,13-/m1/s1. The van der Waals surface area contributed by atoms with Gasteiger partial charge in [-0.2, -0.15) is 5.10 Å². The van der Waals surface area contributed by atoms with Crippen LogP contribution < -0.4 is 5.32 Å². The molecule has 2 rings (SSSR count). The molecule has 0 bridgehead atoms. The number of rotatable bonds is 3. The molecule has 0 aromatic carbocycles. The molecular weight excluding hydrogens is 254 g/mol. The van der Waals surface area contributed by atoms with E-state index in [9.17, 15) is 9.90 Å². The van der Waals surface area contributed by atoms with E-state index >= 15 is 0 Å². The molecule has 0 aliphatic heterocycles. The normalized spacial score (nSPS) is 23.6. The molecule has 2 N–H and O–H groups in total. The van der Waals surface area contributed by atoms with E-state index in [1.165, 1.54) is 0 Å². The Morgan fingerprint density at radius 2 is 2.15 bits per heavy atom. The van der Waals surface area contributed by atoms with Gasteiger partial charge in [0.2, 0.25) is 0 Å². The Labute approximate surface area is 120 Å². The van der Waals surface area contributed by atoms with Crippen molar-refractivity contribution in [1.29, 1.82) is 0 Å². The molecule has 0 saturated heterocycles. The minimum absolute atomic E-state index is 0.113. The minimum Gasteiger partial charge on any atom is -0.393 e. The molecule has 1 aliphatic rings. The second-order valence-electron chi connectivity index (χ2n) is 6.67. The van der Waals surface area contributed by atoms with Crippen LogP contribution in [0.2, 0.25) is 0 Å². The molecule has 5 nitrogen and oxygen atoms in total. The zero-order chi connectivity index (χ0) is 14.8. The number of nitrogens with zero attached hydrogens (tertiary/aromatic N) is 2. The van der Waals surface area contributed by atoms with Crippen molar-refractivity contribution >= 4 is 5.91 Å². The van der Waals surface area contributed by atoms with E-state index in [2.05, 4.69) is 10.4 Å². The predicted octanol–water partition coefficient (Wildman–Crippen LogP) is 1.92. The van der Waals surface area contributed by atoms with Gasteiger partial charge in [-0.05, 0) is 33.6 Å². The molecule has 1 aromatic rings. The van der Waals surface area contributed by atoms with E-state index < -0.39 is 0 Å². The number of nitrogens with one attached hydrogen (secondary N) is 1. The van der Waals surface area contributed by atoms with Crippen molar-refractivity contribution in [2.75, 3.05) is 6.54 Å². The van der Waals surface area contributed by atoms with Crippen LogP contribution >= 0.6 is 0 Å². The first-order valence-electron chi connectivity index (χ1n) is 7.39. The van der Waals surface area contributed by atoms with E-state index in [1.807, 2.05) is 20.8 Å². The zero-order valence-corrected chi connectivity index (χ0v) is 12.6.